The number of benzene rings is 3. The van der Waals surface area contributed by atoms with Crippen molar-refractivity contribution in [2.24, 2.45) is 0 Å². The predicted octanol–water partition coefficient (Wildman–Crippen LogP) is 6.66. The molecule has 0 unspecified atom stereocenters. The molecule has 5 rings (SSSR count). The Morgan fingerprint density at radius 3 is 2.32 bits per heavy atom. The van der Waals surface area contributed by atoms with E-state index < -0.39 is 0 Å². The Bertz CT molecular complexity index is 1660. The first-order chi connectivity index (χ1) is 20.0. The van der Waals surface area contributed by atoms with Crippen molar-refractivity contribution in [1.82, 2.24) is 9.38 Å². The Labute approximate surface area is 239 Å². The molecule has 0 radical (unpaired) electrons. The molecule has 0 spiro atoms. The van der Waals surface area contributed by atoms with E-state index >= 15 is 0 Å². The number of aryl methyl sites for hydroxylation is 1. The maximum Gasteiger partial charge on any atom is 0.224 e. The van der Waals surface area contributed by atoms with Crippen LogP contribution in [0.15, 0.2) is 85.1 Å². The average Bonchev–Trinajstić information content (AvgIpc) is 3.38. The number of nitrogens with one attached hydrogen (secondary N) is 1. The standard InChI is InChI=1S/C33H33N3O5/c1-5-41-27-8-6-7-23(19-27)24-11-17-31-35-33(22-9-13-26(38-2)14-10-22)28(36(31)21-24)15-18-32(37)34-25-12-16-29(39-3)30(20-25)40-4/h6-14,16-17,19-21H,5,15,18H2,1-4H3,(H,34,37). The highest BCUT2D eigenvalue weighted by atomic mass is 16.5. The number of ether oxygens (including phenoxy) is 4. The van der Waals surface area contributed by atoms with Gasteiger partial charge in [0.05, 0.1) is 39.3 Å². The molecule has 2 aromatic heterocycles. The molecular formula is C33H33N3O5. The molecule has 0 aliphatic heterocycles. The SMILES string of the molecule is CCOc1cccc(-c2ccc3nc(-c4ccc(OC)cc4)c(CCC(=O)Nc4ccc(OC)c(OC)c4)n3c2)c1. The van der Waals surface area contributed by atoms with E-state index in [2.05, 4.69) is 28.0 Å². The number of methoxy groups -OCH3 is 3. The quantitative estimate of drug-likeness (QED) is 0.198. The average molecular weight is 552 g/mol. The first-order valence-corrected chi connectivity index (χ1v) is 13.4. The molecule has 1 N–H and O–H groups in total. The van der Waals surface area contributed by atoms with Crippen LogP contribution in [0.1, 0.15) is 19.0 Å². The van der Waals surface area contributed by atoms with Crippen molar-refractivity contribution < 1.29 is 23.7 Å². The van der Waals surface area contributed by atoms with Gasteiger partial charge in [-0.15, -0.1) is 0 Å². The van der Waals surface area contributed by atoms with Crippen LogP contribution >= 0.6 is 0 Å². The summed E-state index contributed by atoms with van der Waals surface area (Å²) in [6, 6.07) is 25.2. The molecule has 41 heavy (non-hydrogen) atoms. The van der Waals surface area contributed by atoms with E-state index in [1.807, 2.05) is 55.5 Å². The largest absolute Gasteiger partial charge is 0.497 e. The van der Waals surface area contributed by atoms with Gasteiger partial charge < -0.3 is 28.7 Å². The molecule has 0 aliphatic rings. The molecule has 0 atom stereocenters. The molecule has 0 bridgehead atoms. The molecule has 8 nitrogen and oxygen atoms in total. The predicted molar refractivity (Wildman–Crippen MR) is 160 cm³/mol. The Morgan fingerprint density at radius 2 is 1.59 bits per heavy atom. The summed E-state index contributed by atoms with van der Waals surface area (Å²) in [5.74, 6) is 2.62. The maximum atomic E-state index is 13.1. The van der Waals surface area contributed by atoms with E-state index in [9.17, 15) is 4.79 Å². The molecule has 0 fully saturated rings. The number of imidazole rings is 1. The normalized spacial score (nSPS) is 10.8. The number of rotatable bonds is 11. The number of hydrogen-bond acceptors (Lipinski definition) is 6. The van der Waals surface area contributed by atoms with Gasteiger partial charge in [0.2, 0.25) is 5.91 Å². The smallest absolute Gasteiger partial charge is 0.224 e. The molecular weight excluding hydrogens is 518 g/mol. The molecule has 0 saturated carbocycles. The van der Waals surface area contributed by atoms with Crippen molar-refractivity contribution in [2.75, 3.05) is 33.3 Å². The van der Waals surface area contributed by atoms with Gasteiger partial charge >= 0.3 is 0 Å². The van der Waals surface area contributed by atoms with Crippen molar-refractivity contribution in [1.29, 1.82) is 0 Å². The van der Waals surface area contributed by atoms with E-state index in [4.69, 9.17) is 23.9 Å². The zero-order valence-electron chi connectivity index (χ0n) is 23.6. The van der Waals surface area contributed by atoms with E-state index in [1.165, 1.54) is 0 Å². The molecule has 2 heterocycles. The summed E-state index contributed by atoms with van der Waals surface area (Å²) in [5, 5.41) is 2.97. The highest BCUT2D eigenvalue weighted by Crippen LogP contribution is 2.32. The van der Waals surface area contributed by atoms with Gasteiger partial charge in [0.15, 0.2) is 11.5 Å². The van der Waals surface area contributed by atoms with Crippen molar-refractivity contribution in [3.63, 3.8) is 0 Å². The summed E-state index contributed by atoms with van der Waals surface area (Å²) in [6.07, 6.45) is 2.81. The lowest BCUT2D eigenvalue weighted by molar-refractivity contribution is -0.116. The topological polar surface area (TPSA) is 83.3 Å². The number of nitrogens with zero attached hydrogens (tertiary/aromatic N) is 2. The van der Waals surface area contributed by atoms with Gasteiger partial charge in [0, 0.05) is 29.9 Å². The lowest BCUT2D eigenvalue weighted by Gasteiger charge is -2.11. The van der Waals surface area contributed by atoms with Crippen molar-refractivity contribution in [3.05, 3.63) is 90.8 Å². The number of anilines is 1. The van der Waals surface area contributed by atoms with Crippen LogP contribution in [-0.2, 0) is 11.2 Å². The molecule has 8 heteroatoms. The van der Waals surface area contributed by atoms with Crippen LogP contribution in [0.25, 0.3) is 28.0 Å². The van der Waals surface area contributed by atoms with Crippen molar-refractivity contribution in [3.8, 4) is 45.4 Å². The van der Waals surface area contributed by atoms with Gasteiger partial charge in [-0.05, 0) is 85.1 Å². The Hall–Kier alpha value is -4.98. The fourth-order valence-corrected chi connectivity index (χ4v) is 4.78. The maximum absolute atomic E-state index is 13.1. The lowest BCUT2D eigenvalue weighted by Crippen LogP contribution is -2.13. The van der Waals surface area contributed by atoms with Crippen LogP contribution in [0, 0.1) is 0 Å². The van der Waals surface area contributed by atoms with Gasteiger partial charge in [-0.25, -0.2) is 4.98 Å². The Balaban J connectivity index is 1.48. The van der Waals surface area contributed by atoms with E-state index in [-0.39, 0.29) is 12.3 Å². The van der Waals surface area contributed by atoms with Gasteiger partial charge in [0.25, 0.3) is 0 Å². The van der Waals surface area contributed by atoms with E-state index in [1.54, 1.807) is 39.5 Å². The molecule has 210 valence electrons. The molecule has 3 aromatic carbocycles. The minimum absolute atomic E-state index is 0.117. The zero-order valence-corrected chi connectivity index (χ0v) is 23.6. The lowest BCUT2D eigenvalue weighted by atomic mass is 10.1. The highest BCUT2D eigenvalue weighted by molar-refractivity contribution is 5.91. The van der Waals surface area contributed by atoms with Crippen molar-refractivity contribution in [2.45, 2.75) is 19.8 Å². The molecule has 0 saturated heterocycles. The first kappa shape index (κ1) is 27.6. The minimum Gasteiger partial charge on any atom is -0.497 e. The summed E-state index contributed by atoms with van der Waals surface area (Å²) in [6.45, 7) is 2.57. The first-order valence-electron chi connectivity index (χ1n) is 13.4. The van der Waals surface area contributed by atoms with Crippen molar-refractivity contribution >= 4 is 17.2 Å². The Kier molecular flexibility index (Phi) is 8.39. The van der Waals surface area contributed by atoms with Gasteiger partial charge in [-0.3, -0.25) is 4.79 Å². The van der Waals surface area contributed by atoms with Crippen LogP contribution in [0.4, 0.5) is 5.69 Å². The number of aromatic nitrogens is 2. The second-order valence-corrected chi connectivity index (χ2v) is 9.36. The number of fused-ring (bicyclic) bond motifs is 1. The Morgan fingerprint density at radius 1 is 0.805 bits per heavy atom. The number of hydrogen-bond donors (Lipinski definition) is 1. The third-order valence-corrected chi connectivity index (χ3v) is 6.82. The molecule has 1 amide bonds. The number of amides is 1. The van der Waals surface area contributed by atoms with Crippen LogP contribution in [0.5, 0.6) is 23.0 Å². The second kappa shape index (κ2) is 12.5. The van der Waals surface area contributed by atoms with Crippen LogP contribution in [-0.4, -0.2) is 43.2 Å². The monoisotopic (exact) mass is 551 g/mol. The number of carbonyl (C=O) groups excluding carboxylic acids is 1. The number of carbonyl (C=O) groups is 1. The minimum atomic E-state index is -0.117. The van der Waals surface area contributed by atoms with Crippen LogP contribution < -0.4 is 24.3 Å². The molecule has 5 aromatic rings. The van der Waals surface area contributed by atoms with Gasteiger partial charge in [0.1, 0.15) is 17.1 Å². The van der Waals surface area contributed by atoms with E-state index in [0.29, 0.717) is 30.2 Å². The second-order valence-electron chi connectivity index (χ2n) is 9.36. The summed E-state index contributed by atoms with van der Waals surface area (Å²) in [5.41, 5.74) is 6.21. The summed E-state index contributed by atoms with van der Waals surface area (Å²) in [7, 11) is 4.79. The summed E-state index contributed by atoms with van der Waals surface area (Å²) >= 11 is 0. The fourth-order valence-electron chi connectivity index (χ4n) is 4.78. The summed E-state index contributed by atoms with van der Waals surface area (Å²) in [4.78, 5) is 18.0. The van der Waals surface area contributed by atoms with Gasteiger partial charge in [-0.2, -0.15) is 0 Å². The van der Waals surface area contributed by atoms with E-state index in [0.717, 1.165) is 45.2 Å². The third-order valence-electron chi connectivity index (χ3n) is 6.82. The van der Waals surface area contributed by atoms with Gasteiger partial charge in [-0.1, -0.05) is 12.1 Å². The summed E-state index contributed by atoms with van der Waals surface area (Å²) < 4.78 is 23.8. The fraction of sp³-hybridized carbons (Fsp3) is 0.212. The zero-order chi connectivity index (χ0) is 28.8. The molecule has 0 aliphatic carbocycles. The third kappa shape index (κ3) is 6.11. The number of pyridine rings is 1. The van der Waals surface area contributed by atoms with Crippen LogP contribution in [0.2, 0.25) is 0 Å². The van der Waals surface area contributed by atoms with Crippen LogP contribution in [0.3, 0.4) is 0 Å². The highest BCUT2D eigenvalue weighted by Gasteiger charge is 2.17.